The number of rotatable bonds is 7. The Hall–Kier alpha value is -0.920. The minimum absolute atomic E-state index is 0. The second-order valence-electron chi connectivity index (χ2n) is 6.95. The quantitative estimate of drug-likeness (QED) is 0.552. The Balaban J connectivity index is -0.000000347. The van der Waals surface area contributed by atoms with E-state index in [4.69, 9.17) is 0 Å². The van der Waals surface area contributed by atoms with E-state index in [1.54, 1.807) is 13.0 Å². The molecular weight excluding hydrogens is 260 g/mol. The number of carbonyl (C=O) groups is 2. The summed E-state index contributed by atoms with van der Waals surface area (Å²) in [6.07, 6.45) is 4.24. The van der Waals surface area contributed by atoms with E-state index in [0.717, 1.165) is 12.8 Å². The fraction of sp³-hybridized carbons (Fsp3) is 0.789. The molecule has 0 atom stereocenters. The first kappa shape index (κ1) is 25.1. The third kappa shape index (κ3) is 24.5. The Morgan fingerprint density at radius 2 is 1.14 bits per heavy atom. The van der Waals surface area contributed by atoms with Crippen LogP contribution in [0, 0.1) is 17.8 Å². The van der Waals surface area contributed by atoms with Crippen LogP contribution in [0.15, 0.2) is 11.6 Å². The van der Waals surface area contributed by atoms with Gasteiger partial charge in [0.15, 0.2) is 5.78 Å². The fourth-order valence-corrected chi connectivity index (χ4v) is 2.01. The summed E-state index contributed by atoms with van der Waals surface area (Å²) in [6.45, 7) is 16.2. The van der Waals surface area contributed by atoms with Crippen molar-refractivity contribution in [2.24, 2.45) is 17.8 Å². The van der Waals surface area contributed by atoms with E-state index in [1.807, 2.05) is 20.8 Å². The molecule has 0 aromatic heterocycles. The van der Waals surface area contributed by atoms with Crippen molar-refractivity contribution in [2.45, 2.75) is 82.1 Å². The number of Topliss-reactive ketones (excluding diaryl/α,β-unsaturated/α-hetero) is 1. The third-order valence-electron chi connectivity index (χ3n) is 2.44. The van der Waals surface area contributed by atoms with Crippen LogP contribution in [-0.2, 0) is 9.59 Å². The molecule has 0 unspecified atom stereocenters. The van der Waals surface area contributed by atoms with E-state index >= 15 is 0 Å². The van der Waals surface area contributed by atoms with E-state index in [9.17, 15) is 9.59 Å². The highest BCUT2D eigenvalue weighted by atomic mass is 16.1. The predicted molar refractivity (Wildman–Crippen MR) is 94.5 cm³/mol. The number of allylic oxidation sites excluding steroid dienone is 2. The lowest BCUT2D eigenvalue weighted by molar-refractivity contribution is -0.117. The largest absolute Gasteiger partial charge is 0.300 e. The number of ketones is 2. The van der Waals surface area contributed by atoms with Crippen LogP contribution in [0.1, 0.15) is 82.1 Å². The van der Waals surface area contributed by atoms with Gasteiger partial charge in [-0.05, 0) is 44.1 Å². The monoisotopic (exact) mass is 298 g/mol. The highest BCUT2D eigenvalue weighted by Crippen LogP contribution is 2.11. The van der Waals surface area contributed by atoms with Crippen LogP contribution in [-0.4, -0.2) is 11.6 Å². The smallest absolute Gasteiger partial charge is 0.155 e. The Kier molecular flexibility index (Phi) is 16.7. The fourth-order valence-electron chi connectivity index (χ4n) is 2.01. The second-order valence-corrected chi connectivity index (χ2v) is 6.95. The maximum atomic E-state index is 11.4. The average molecular weight is 299 g/mol. The van der Waals surface area contributed by atoms with Crippen molar-refractivity contribution in [3.05, 3.63) is 11.6 Å². The van der Waals surface area contributed by atoms with Crippen LogP contribution in [0.5, 0.6) is 0 Å². The van der Waals surface area contributed by atoms with Crippen molar-refractivity contribution >= 4 is 11.6 Å². The summed E-state index contributed by atoms with van der Waals surface area (Å²) in [5.41, 5.74) is 1.21. The summed E-state index contributed by atoms with van der Waals surface area (Å²) in [6, 6.07) is 0. The molecule has 0 heterocycles. The highest BCUT2D eigenvalue weighted by molar-refractivity contribution is 5.90. The van der Waals surface area contributed by atoms with Crippen LogP contribution in [0.3, 0.4) is 0 Å². The van der Waals surface area contributed by atoms with E-state index in [-0.39, 0.29) is 19.0 Å². The van der Waals surface area contributed by atoms with Gasteiger partial charge >= 0.3 is 0 Å². The zero-order chi connectivity index (χ0) is 16.3. The topological polar surface area (TPSA) is 34.1 Å². The summed E-state index contributed by atoms with van der Waals surface area (Å²) in [5.74, 6) is 2.19. The minimum Gasteiger partial charge on any atom is -0.300 e. The molecule has 2 nitrogen and oxygen atoms in total. The van der Waals surface area contributed by atoms with Crippen molar-refractivity contribution in [1.29, 1.82) is 0 Å². The summed E-state index contributed by atoms with van der Waals surface area (Å²) in [7, 11) is 0. The average Bonchev–Trinajstić information content (AvgIpc) is 2.11. The standard InChI is InChI=1S/C12H22O.C6H12O.CH4/c1-9(2)6-11(5)8-12(13)7-10(3)4;1-5(2)4-6(3)7;/h8-10H,6-7H2,1-5H3;5H,4H2,1-3H3;1H4/b11-8+;;. The van der Waals surface area contributed by atoms with Gasteiger partial charge in [0.25, 0.3) is 0 Å². The first-order chi connectivity index (χ1) is 9.04. The van der Waals surface area contributed by atoms with Gasteiger partial charge in [-0.2, -0.15) is 0 Å². The molecule has 126 valence electrons. The molecule has 2 heteroatoms. The number of carbonyl (C=O) groups excluding carboxylic acids is 2. The zero-order valence-electron chi connectivity index (χ0n) is 14.7. The maximum Gasteiger partial charge on any atom is 0.155 e. The molecule has 0 fully saturated rings. The molecule has 0 saturated carbocycles. The molecular formula is C19H38O2. The van der Waals surface area contributed by atoms with E-state index in [0.29, 0.717) is 24.2 Å². The molecule has 21 heavy (non-hydrogen) atoms. The van der Waals surface area contributed by atoms with Crippen molar-refractivity contribution in [1.82, 2.24) is 0 Å². The van der Waals surface area contributed by atoms with Gasteiger partial charge in [-0.1, -0.05) is 54.5 Å². The Labute approximate surface area is 133 Å². The summed E-state index contributed by atoms with van der Waals surface area (Å²) < 4.78 is 0. The van der Waals surface area contributed by atoms with Gasteiger partial charge in [-0.3, -0.25) is 4.79 Å². The first-order valence-electron chi connectivity index (χ1n) is 7.74. The third-order valence-corrected chi connectivity index (χ3v) is 2.44. The molecule has 0 aromatic carbocycles. The van der Waals surface area contributed by atoms with Gasteiger partial charge in [0.2, 0.25) is 0 Å². The van der Waals surface area contributed by atoms with Crippen LogP contribution in [0.25, 0.3) is 0 Å². The lowest BCUT2D eigenvalue weighted by atomic mass is 10.0. The van der Waals surface area contributed by atoms with E-state index in [1.165, 1.54) is 5.57 Å². The first-order valence-corrected chi connectivity index (χ1v) is 7.74. The van der Waals surface area contributed by atoms with Gasteiger partial charge < -0.3 is 4.79 Å². The lowest BCUT2D eigenvalue weighted by Crippen LogP contribution is -2.00. The SMILES string of the molecule is C.C/C(=C\C(=O)CC(C)C)CC(C)C.CC(=O)CC(C)C. The molecule has 0 radical (unpaired) electrons. The Morgan fingerprint density at radius 1 is 0.762 bits per heavy atom. The van der Waals surface area contributed by atoms with Gasteiger partial charge in [-0.15, -0.1) is 0 Å². The van der Waals surface area contributed by atoms with Gasteiger partial charge in [-0.25, -0.2) is 0 Å². The molecule has 0 rings (SSSR count). The normalized spacial score (nSPS) is 11.1. The van der Waals surface area contributed by atoms with Crippen LogP contribution in [0.4, 0.5) is 0 Å². The summed E-state index contributed by atoms with van der Waals surface area (Å²) >= 11 is 0. The molecule has 0 aliphatic heterocycles. The van der Waals surface area contributed by atoms with Crippen molar-refractivity contribution in [2.75, 3.05) is 0 Å². The molecule has 0 bridgehead atoms. The summed E-state index contributed by atoms with van der Waals surface area (Å²) in [4.78, 5) is 21.6. The van der Waals surface area contributed by atoms with E-state index in [2.05, 4.69) is 27.7 Å². The molecule has 0 spiro atoms. The van der Waals surface area contributed by atoms with Gasteiger partial charge in [0, 0.05) is 12.8 Å². The predicted octanol–water partition coefficient (Wildman–Crippen LogP) is 5.85. The number of hydrogen-bond acceptors (Lipinski definition) is 2. The van der Waals surface area contributed by atoms with Gasteiger partial charge in [0.1, 0.15) is 5.78 Å². The molecule has 0 aliphatic rings. The minimum atomic E-state index is 0. The van der Waals surface area contributed by atoms with Crippen LogP contribution in [0.2, 0.25) is 0 Å². The molecule has 0 aromatic rings. The molecule has 0 amide bonds. The Bertz CT molecular complexity index is 310. The molecule has 0 N–H and O–H groups in total. The van der Waals surface area contributed by atoms with Crippen molar-refractivity contribution in [3.8, 4) is 0 Å². The van der Waals surface area contributed by atoms with Gasteiger partial charge in [0.05, 0.1) is 0 Å². The highest BCUT2D eigenvalue weighted by Gasteiger charge is 2.03. The lowest BCUT2D eigenvalue weighted by Gasteiger charge is -2.05. The Morgan fingerprint density at radius 3 is 1.38 bits per heavy atom. The van der Waals surface area contributed by atoms with Crippen molar-refractivity contribution < 1.29 is 9.59 Å². The second kappa shape index (κ2) is 14.0. The zero-order valence-corrected chi connectivity index (χ0v) is 14.7. The van der Waals surface area contributed by atoms with E-state index < -0.39 is 0 Å². The summed E-state index contributed by atoms with van der Waals surface area (Å²) in [5, 5.41) is 0. The van der Waals surface area contributed by atoms with Crippen LogP contribution >= 0.6 is 0 Å². The number of hydrogen-bond donors (Lipinski definition) is 0. The maximum absolute atomic E-state index is 11.4. The van der Waals surface area contributed by atoms with Crippen LogP contribution < -0.4 is 0 Å². The van der Waals surface area contributed by atoms with Crippen molar-refractivity contribution in [3.63, 3.8) is 0 Å². The molecule has 0 aliphatic carbocycles. The molecule has 0 saturated heterocycles.